The lowest BCUT2D eigenvalue weighted by Gasteiger charge is -2.31. The van der Waals surface area contributed by atoms with Gasteiger partial charge in [-0.3, -0.25) is 10.1 Å². The van der Waals surface area contributed by atoms with E-state index in [4.69, 9.17) is 9.47 Å². The van der Waals surface area contributed by atoms with E-state index in [1.165, 1.54) is 22.5 Å². The number of ether oxygens (including phenoxy) is 2. The molecule has 1 aliphatic rings. The van der Waals surface area contributed by atoms with Gasteiger partial charge in [-0.25, -0.2) is 8.42 Å². The Morgan fingerprint density at radius 2 is 2.00 bits per heavy atom. The standard InChI is InChI=1S/C15H22N2O6S/c1-22-9-10-23-12-13-5-7-16(8-6-13)24(20,21)15-4-2-3-14(11-15)17(18)19/h2-4,11,13H,5-10,12H2,1H3. The zero-order valence-corrected chi connectivity index (χ0v) is 14.4. The van der Waals surface area contributed by atoms with Crippen LogP contribution in [0.1, 0.15) is 12.8 Å². The Labute approximate surface area is 141 Å². The van der Waals surface area contributed by atoms with Crippen LogP contribution in [0.3, 0.4) is 0 Å². The Balaban J connectivity index is 1.95. The second-order valence-corrected chi connectivity index (χ2v) is 7.61. The Morgan fingerprint density at radius 3 is 2.62 bits per heavy atom. The topological polar surface area (TPSA) is 99.0 Å². The van der Waals surface area contributed by atoms with Crippen LogP contribution in [-0.2, 0) is 19.5 Å². The van der Waals surface area contributed by atoms with Gasteiger partial charge < -0.3 is 9.47 Å². The molecule has 1 aromatic carbocycles. The van der Waals surface area contributed by atoms with Crippen LogP contribution in [-0.4, -0.2) is 57.7 Å². The van der Waals surface area contributed by atoms with Crippen molar-refractivity contribution in [3.63, 3.8) is 0 Å². The van der Waals surface area contributed by atoms with Crippen LogP contribution in [0.4, 0.5) is 5.69 Å². The SMILES string of the molecule is COCCOCC1CCN(S(=O)(=O)c2cccc([N+](=O)[O-])c2)CC1. The minimum absolute atomic E-state index is 0.0357. The fourth-order valence-corrected chi connectivity index (χ4v) is 4.13. The highest BCUT2D eigenvalue weighted by Crippen LogP contribution is 2.26. The monoisotopic (exact) mass is 358 g/mol. The smallest absolute Gasteiger partial charge is 0.270 e. The van der Waals surface area contributed by atoms with Crippen molar-refractivity contribution in [1.29, 1.82) is 0 Å². The first-order chi connectivity index (χ1) is 11.4. The highest BCUT2D eigenvalue weighted by Gasteiger charge is 2.30. The third-order valence-electron chi connectivity index (χ3n) is 4.03. The van der Waals surface area contributed by atoms with Crippen molar-refractivity contribution >= 4 is 15.7 Å². The summed E-state index contributed by atoms with van der Waals surface area (Å²) in [4.78, 5) is 10.2. The lowest BCUT2D eigenvalue weighted by molar-refractivity contribution is -0.385. The van der Waals surface area contributed by atoms with Crippen molar-refractivity contribution in [1.82, 2.24) is 4.31 Å². The molecule has 0 aromatic heterocycles. The summed E-state index contributed by atoms with van der Waals surface area (Å²) in [7, 11) is -2.09. The number of non-ortho nitro benzene ring substituents is 1. The molecular formula is C15H22N2O6S. The molecule has 8 nitrogen and oxygen atoms in total. The lowest BCUT2D eigenvalue weighted by atomic mass is 9.99. The van der Waals surface area contributed by atoms with Gasteiger partial charge >= 0.3 is 0 Å². The van der Waals surface area contributed by atoms with Crippen LogP contribution in [0.25, 0.3) is 0 Å². The molecule has 0 bridgehead atoms. The molecule has 1 aliphatic heterocycles. The van der Waals surface area contributed by atoms with E-state index in [1.807, 2.05) is 0 Å². The minimum atomic E-state index is -3.70. The maximum Gasteiger partial charge on any atom is 0.270 e. The van der Waals surface area contributed by atoms with Crippen molar-refractivity contribution in [3.8, 4) is 0 Å². The summed E-state index contributed by atoms with van der Waals surface area (Å²) in [6, 6.07) is 5.17. The van der Waals surface area contributed by atoms with Crippen LogP contribution in [0, 0.1) is 16.0 Å². The first kappa shape index (κ1) is 18.8. The normalized spacial score (nSPS) is 17.0. The third kappa shape index (κ3) is 4.73. The number of hydrogen-bond donors (Lipinski definition) is 0. The van der Waals surface area contributed by atoms with Crippen molar-refractivity contribution in [2.24, 2.45) is 5.92 Å². The molecule has 0 atom stereocenters. The van der Waals surface area contributed by atoms with E-state index in [2.05, 4.69) is 0 Å². The van der Waals surface area contributed by atoms with E-state index in [0.717, 1.165) is 6.07 Å². The first-order valence-electron chi connectivity index (χ1n) is 7.76. The quantitative estimate of drug-likeness (QED) is 0.398. The van der Waals surface area contributed by atoms with Gasteiger partial charge in [0.25, 0.3) is 5.69 Å². The predicted molar refractivity (Wildman–Crippen MR) is 87.3 cm³/mol. The fourth-order valence-electron chi connectivity index (χ4n) is 2.62. The highest BCUT2D eigenvalue weighted by atomic mass is 32.2. The van der Waals surface area contributed by atoms with Gasteiger partial charge in [-0.2, -0.15) is 4.31 Å². The maximum atomic E-state index is 12.6. The molecule has 9 heteroatoms. The maximum absolute atomic E-state index is 12.6. The number of nitro groups is 1. The van der Waals surface area contributed by atoms with Gasteiger partial charge in [0.15, 0.2) is 0 Å². The van der Waals surface area contributed by atoms with Gasteiger partial charge in [-0.15, -0.1) is 0 Å². The molecule has 24 heavy (non-hydrogen) atoms. The second kappa shape index (κ2) is 8.52. The number of nitro benzene ring substituents is 1. The fraction of sp³-hybridized carbons (Fsp3) is 0.600. The number of benzene rings is 1. The Kier molecular flexibility index (Phi) is 6.67. The van der Waals surface area contributed by atoms with E-state index in [1.54, 1.807) is 7.11 Å². The lowest BCUT2D eigenvalue weighted by Crippen LogP contribution is -2.39. The van der Waals surface area contributed by atoms with Gasteiger partial charge in [0.1, 0.15) is 0 Å². The van der Waals surface area contributed by atoms with Crippen LogP contribution in [0.5, 0.6) is 0 Å². The zero-order chi connectivity index (χ0) is 17.6. The molecule has 134 valence electrons. The number of piperidine rings is 1. The molecule has 1 saturated heterocycles. The van der Waals surface area contributed by atoms with Gasteiger partial charge in [0.2, 0.25) is 10.0 Å². The zero-order valence-electron chi connectivity index (χ0n) is 13.6. The highest BCUT2D eigenvalue weighted by molar-refractivity contribution is 7.89. The molecule has 1 heterocycles. The molecule has 0 spiro atoms. The van der Waals surface area contributed by atoms with E-state index < -0.39 is 14.9 Å². The molecular weight excluding hydrogens is 336 g/mol. The molecule has 1 aromatic rings. The van der Waals surface area contributed by atoms with E-state index in [9.17, 15) is 18.5 Å². The van der Waals surface area contributed by atoms with Crippen LogP contribution >= 0.6 is 0 Å². The molecule has 1 fully saturated rings. The predicted octanol–water partition coefficient (Wildman–Crippen LogP) is 1.66. The number of nitrogens with zero attached hydrogens (tertiary/aromatic N) is 2. The Bertz CT molecular complexity index is 656. The summed E-state index contributed by atoms with van der Waals surface area (Å²) in [5.74, 6) is 0.318. The molecule has 0 N–H and O–H groups in total. The minimum Gasteiger partial charge on any atom is -0.382 e. The van der Waals surface area contributed by atoms with Crippen molar-refractivity contribution in [3.05, 3.63) is 34.4 Å². The number of rotatable bonds is 8. The van der Waals surface area contributed by atoms with Gasteiger partial charge in [-0.05, 0) is 24.8 Å². The van der Waals surface area contributed by atoms with E-state index in [0.29, 0.717) is 51.7 Å². The second-order valence-electron chi connectivity index (χ2n) is 5.67. The van der Waals surface area contributed by atoms with Gasteiger partial charge in [-0.1, -0.05) is 6.07 Å². The van der Waals surface area contributed by atoms with Crippen molar-refractivity contribution in [2.75, 3.05) is 40.0 Å². The van der Waals surface area contributed by atoms with Crippen LogP contribution in [0.2, 0.25) is 0 Å². The summed E-state index contributed by atoms with van der Waals surface area (Å²) >= 11 is 0. The van der Waals surface area contributed by atoms with Gasteiger partial charge in [0.05, 0.1) is 23.0 Å². The Morgan fingerprint density at radius 1 is 1.29 bits per heavy atom. The molecule has 0 amide bonds. The summed E-state index contributed by atoms with van der Waals surface area (Å²) in [5.41, 5.74) is -0.225. The molecule has 0 saturated carbocycles. The first-order valence-corrected chi connectivity index (χ1v) is 9.20. The van der Waals surface area contributed by atoms with Crippen molar-refractivity contribution < 1.29 is 22.8 Å². The van der Waals surface area contributed by atoms with E-state index >= 15 is 0 Å². The van der Waals surface area contributed by atoms with Gasteiger partial charge in [0, 0.05) is 38.9 Å². The molecule has 0 radical (unpaired) electrons. The van der Waals surface area contributed by atoms with Crippen LogP contribution in [0.15, 0.2) is 29.2 Å². The average Bonchev–Trinajstić information content (AvgIpc) is 2.59. The summed E-state index contributed by atoms with van der Waals surface area (Å²) in [5, 5.41) is 10.8. The summed E-state index contributed by atoms with van der Waals surface area (Å²) in [6.45, 7) is 2.45. The molecule has 2 rings (SSSR count). The average molecular weight is 358 g/mol. The number of sulfonamides is 1. The summed E-state index contributed by atoms with van der Waals surface area (Å²) in [6.07, 6.45) is 1.42. The van der Waals surface area contributed by atoms with E-state index in [-0.39, 0.29) is 10.6 Å². The third-order valence-corrected chi connectivity index (χ3v) is 5.92. The van der Waals surface area contributed by atoms with Crippen LogP contribution < -0.4 is 0 Å². The largest absolute Gasteiger partial charge is 0.382 e. The van der Waals surface area contributed by atoms with Crippen molar-refractivity contribution in [2.45, 2.75) is 17.7 Å². The summed E-state index contributed by atoms with van der Waals surface area (Å²) < 4.78 is 37.0. The number of methoxy groups -OCH3 is 1. The number of hydrogen-bond acceptors (Lipinski definition) is 6. The molecule has 0 unspecified atom stereocenters. The Hall–Kier alpha value is -1.55. The molecule has 0 aliphatic carbocycles.